The minimum atomic E-state index is -0.932. The third kappa shape index (κ3) is 3.49. The molecule has 1 aromatic carbocycles. The van der Waals surface area contributed by atoms with Crippen molar-refractivity contribution in [1.82, 2.24) is 0 Å². The fourth-order valence-corrected chi connectivity index (χ4v) is 2.45. The summed E-state index contributed by atoms with van der Waals surface area (Å²) in [7, 11) is 1.28. The number of hydrogen-bond acceptors (Lipinski definition) is 9. The van der Waals surface area contributed by atoms with Crippen LogP contribution in [-0.4, -0.2) is 28.0 Å². The summed E-state index contributed by atoms with van der Waals surface area (Å²) in [6.07, 6.45) is 1.37. The topological polar surface area (TPSA) is 145 Å². The summed E-state index contributed by atoms with van der Waals surface area (Å²) in [5, 5.41) is 39.9. The first-order chi connectivity index (χ1) is 11.3. The van der Waals surface area contributed by atoms with Crippen molar-refractivity contribution in [3.05, 3.63) is 64.9 Å². The monoisotopic (exact) mass is 351 g/mol. The number of nitrogens with zero attached hydrogens (tertiary/aromatic N) is 5. The second-order valence-corrected chi connectivity index (χ2v) is 5.37. The molecule has 0 amide bonds. The van der Waals surface area contributed by atoms with Gasteiger partial charge in [-0.2, -0.15) is 5.10 Å². The van der Waals surface area contributed by atoms with Crippen LogP contribution in [0.5, 0.6) is 0 Å². The van der Waals surface area contributed by atoms with Gasteiger partial charge in [0.25, 0.3) is 5.69 Å². The maximum absolute atomic E-state index is 11.2. The summed E-state index contributed by atoms with van der Waals surface area (Å²) < 4.78 is 0. The molecular weight excluding hydrogens is 342 g/mol. The zero-order chi connectivity index (χ0) is 17.9. The summed E-state index contributed by atoms with van der Waals surface area (Å²) in [5.41, 5.74) is -2.74. The number of nitro benzene ring substituents is 3. The maximum atomic E-state index is 11.2. The van der Waals surface area contributed by atoms with Gasteiger partial charge in [-0.1, -0.05) is 6.07 Å². The lowest BCUT2D eigenvalue weighted by Gasteiger charge is -2.12. The Kier molecular flexibility index (Phi) is 4.79. The van der Waals surface area contributed by atoms with Gasteiger partial charge in [0.05, 0.1) is 33.1 Å². The molecule has 124 valence electrons. The second-order valence-electron chi connectivity index (χ2n) is 4.39. The van der Waals surface area contributed by atoms with Crippen LogP contribution in [0.15, 0.2) is 34.7 Å². The molecule has 1 heterocycles. The van der Waals surface area contributed by atoms with Gasteiger partial charge < -0.3 is 0 Å². The molecular formula is C12H9N5O6S. The quantitative estimate of drug-likeness (QED) is 0.441. The van der Waals surface area contributed by atoms with Crippen LogP contribution in [0.1, 0.15) is 4.88 Å². The van der Waals surface area contributed by atoms with Crippen LogP contribution in [0, 0.1) is 30.3 Å². The van der Waals surface area contributed by atoms with Gasteiger partial charge in [0.1, 0.15) is 0 Å². The Balaban J connectivity index is 2.59. The van der Waals surface area contributed by atoms with E-state index < -0.39 is 37.5 Å². The molecule has 0 aliphatic rings. The van der Waals surface area contributed by atoms with Gasteiger partial charge in [0.15, 0.2) is 0 Å². The predicted octanol–water partition coefficient (Wildman–Crippen LogP) is 2.94. The Morgan fingerprint density at radius 3 is 2.08 bits per heavy atom. The lowest BCUT2D eigenvalue weighted by Crippen LogP contribution is -2.13. The normalized spacial score (nSPS) is 10.7. The van der Waals surface area contributed by atoms with Crippen molar-refractivity contribution in [2.75, 3.05) is 12.1 Å². The van der Waals surface area contributed by atoms with E-state index >= 15 is 0 Å². The molecule has 1 aromatic heterocycles. The van der Waals surface area contributed by atoms with Crippen LogP contribution in [0.3, 0.4) is 0 Å². The zero-order valence-electron chi connectivity index (χ0n) is 12.1. The minimum Gasteiger partial charge on any atom is -0.258 e. The second kappa shape index (κ2) is 6.78. The standard InChI is InChI=1S/C12H9N5O6S/c1-14(13-7-9-3-2-4-24-9)12-10(16(20)21)5-8(15(18)19)6-11(12)17(22)23/h2-7H,1H3/b13-7-. The largest absolute Gasteiger partial charge is 0.308 e. The van der Waals surface area contributed by atoms with Gasteiger partial charge in [-0.05, 0) is 11.4 Å². The smallest absolute Gasteiger partial charge is 0.258 e. The molecule has 12 heteroatoms. The van der Waals surface area contributed by atoms with E-state index in [9.17, 15) is 30.3 Å². The molecule has 24 heavy (non-hydrogen) atoms. The van der Waals surface area contributed by atoms with Crippen LogP contribution in [0.2, 0.25) is 0 Å². The molecule has 0 atom stereocenters. The minimum absolute atomic E-state index is 0.441. The lowest BCUT2D eigenvalue weighted by atomic mass is 10.2. The van der Waals surface area contributed by atoms with Crippen LogP contribution in [0.25, 0.3) is 0 Å². The summed E-state index contributed by atoms with van der Waals surface area (Å²) in [6, 6.07) is 4.84. The highest BCUT2D eigenvalue weighted by atomic mass is 32.1. The van der Waals surface area contributed by atoms with E-state index in [1.165, 1.54) is 24.6 Å². The third-order valence-electron chi connectivity index (χ3n) is 2.88. The number of nitro groups is 3. The van der Waals surface area contributed by atoms with Gasteiger partial charge in [0.2, 0.25) is 5.69 Å². The van der Waals surface area contributed by atoms with Gasteiger partial charge in [-0.25, -0.2) is 0 Å². The first-order valence-electron chi connectivity index (χ1n) is 6.23. The Morgan fingerprint density at radius 2 is 1.67 bits per heavy atom. The SMILES string of the molecule is CN(/N=C\c1cccs1)c1c([N+](=O)[O-])cc([N+](=O)[O-])cc1[N+](=O)[O-]. The molecule has 0 spiro atoms. The molecule has 0 aliphatic heterocycles. The molecule has 0 radical (unpaired) electrons. The number of thiophene rings is 1. The Morgan fingerprint density at radius 1 is 1.08 bits per heavy atom. The highest BCUT2D eigenvalue weighted by molar-refractivity contribution is 7.11. The lowest BCUT2D eigenvalue weighted by molar-refractivity contribution is -0.402. The van der Waals surface area contributed by atoms with E-state index in [-0.39, 0.29) is 0 Å². The molecule has 0 saturated heterocycles. The fourth-order valence-electron chi connectivity index (χ4n) is 1.87. The van der Waals surface area contributed by atoms with Gasteiger partial charge in [0, 0.05) is 11.9 Å². The third-order valence-corrected chi connectivity index (χ3v) is 3.69. The highest BCUT2D eigenvalue weighted by Gasteiger charge is 2.33. The number of anilines is 1. The molecule has 0 fully saturated rings. The first-order valence-corrected chi connectivity index (χ1v) is 7.11. The van der Waals surface area contributed by atoms with Crippen LogP contribution < -0.4 is 5.01 Å². The first kappa shape index (κ1) is 17.0. The number of non-ortho nitro benzene ring substituents is 1. The Bertz CT molecular complexity index is 799. The van der Waals surface area contributed by atoms with Gasteiger partial charge in [-0.15, -0.1) is 11.3 Å². The van der Waals surface area contributed by atoms with Crippen molar-refractivity contribution in [3.63, 3.8) is 0 Å². The van der Waals surface area contributed by atoms with E-state index in [4.69, 9.17) is 0 Å². The number of benzene rings is 1. The van der Waals surface area contributed by atoms with Crippen molar-refractivity contribution in [1.29, 1.82) is 0 Å². The molecule has 0 unspecified atom stereocenters. The van der Waals surface area contributed by atoms with Crippen molar-refractivity contribution < 1.29 is 14.8 Å². The average Bonchev–Trinajstić information content (AvgIpc) is 3.04. The summed E-state index contributed by atoms with van der Waals surface area (Å²) in [4.78, 5) is 31.2. The summed E-state index contributed by atoms with van der Waals surface area (Å²) >= 11 is 1.35. The van der Waals surface area contributed by atoms with E-state index in [1.54, 1.807) is 17.5 Å². The van der Waals surface area contributed by atoms with E-state index in [1.807, 2.05) is 0 Å². The molecule has 0 aliphatic carbocycles. The molecule has 11 nitrogen and oxygen atoms in total. The summed E-state index contributed by atoms with van der Waals surface area (Å²) in [6.45, 7) is 0. The van der Waals surface area contributed by atoms with Crippen LogP contribution in [-0.2, 0) is 0 Å². The Labute approximate surface area is 137 Å². The average molecular weight is 351 g/mol. The molecule has 2 rings (SSSR count). The van der Waals surface area contributed by atoms with E-state index in [2.05, 4.69) is 5.10 Å². The molecule has 0 saturated carbocycles. The maximum Gasteiger partial charge on any atom is 0.308 e. The Hall–Kier alpha value is -3.41. The van der Waals surface area contributed by atoms with Crippen molar-refractivity contribution >= 4 is 40.3 Å². The molecule has 0 N–H and O–H groups in total. The number of hydrazone groups is 1. The van der Waals surface area contributed by atoms with Crippen molar-refractivity contribution in [2.45, 2.75) is 0 Å². The predicted molar refractivity (Wildman–Crippen MR) is 86.7 cm³/mol. The zero-order valence-corrected chi connectivity index (χ0v) is 12.9. The van der Waals surface area contributed by atoms with Crippen LogP contribution in [0.4, 0.5) is 22.7 Å². The number of hydrogen-bond donors (Lipinski definition) is 0. The van der Waals surface area contributed by atoms with Gasteiger partial charge in [-0.3, -0.25) is 35.4 Å². The highest BCUT2D eigenvalue weighted by Crippen LogP contribution is 2.40. The fraction of sp³-hybridized carbons (Fsp3) is 0.0833. The molecule has 0 bridgehead atoms. The van der Waals surface area contributed by atoms with E-state index in [0.717, 1.165) is 9.89 Å². The number of rotatable bonds is 6. The van der Waals surface area contributed by atoms with Crippen molar-refractivity contribution in [2.24, 2.45) is 5.10 Å². The van der Waals surface area contributed by atoms with E-state index in [0.29, 0.717) is 12.1 Å². The summed E-state index contributed by atoms with van der Waals surface area (Å²) in [5.74, 6) is 0. The molecule has 2 aromatic rings. The van der Waals surface area contributed by atoms with Gasteiger partial charge >= 0.3 is 11.4 Å². The van der Waals surface area contributed by atoms with Crippen molar-refractivity contribution in [3.8, 4) is 0 Å². The van der Waals surface area contributed by atoms with Crippen LogP contribution >= 0.6 is 11.3 Å².